The van der Waals surface area contributed by atoms with Crippen LogP contribution in [0.2, 0.25) is 5.02 Å². The summed E-state index contributed by atoms with van der Waals surface area (Å²) >= 11 is 5.79. The third kappa shape index (κ3) is 4.57. The van der Waals surface area contributed by atoms with Gasteiger partial charge < -0.3 is 9.47 Å². The molecule has 136 valence electrons. The van der Waals surface area contributed by atoms with Crippen LogP contribution in [0.3, 0.4) is 0 Å². The Labute approximate surface area is 158 Å². The number of sulfone groups is 1. The number of benzene rings is 2. The molecule has 2 aromatic carbocycles. The van der Waals surface area contributed by atoms with Crippen LogP contribution in [0.5, 0.6) is 11.5 Å². The summed E-state index contributed by atoms with van der Waals surface area (Å²) in [4.78, 5) is -0.374. The lowest BCUT2D eigenvalue weighted by molar-refractivity contribution is 0.230. The second-order valence-electron chi connectivity index (χ2n) is 5.65. The minimum absolute atomic E-state index is 0.00132. The smallest absolute Gasteiger partial charge is 0.216 e. The third-order valence-corrected chi connectivity index (χ3v) is 5.30. The van der Waals surface area contributed by atoms with Crippen molar-refractivity contribution < 1.29 is 17.9 Å². The molecule has 0 N–H and O–H groups in total. The predicted octanol–water partition coefficient (Wildman–Crippen LogP) is 4.47. The Hall–Kier alpha value is -2.49. The van der Waals surface area contributed by atoms with E-state index in [1.165, 1.54) is 37.5 Å². The molecule has 5 nitrogen and oxygen atoms in total. The molecule has 7 heteroatoms. The molecule has 0 fully saturated rings. The van der Waals surface area contributed by atoms with Crippen molar-refractivity contribution in [3.63, 3.8) is 0 Å². The number of ether oxygens (including phenoxy) is 2. The highest BCUT2D eigenvalue weighted by Crippen LogP contribution is 2.31. The van der Waals surface area contributed by atoms with Gasteiger partial charge in [0.15, 0.2) is 11.5 Å². The van der Waals surface area contributed by atoms with Crippen molar-refractivity contribution in [2.24, 2.45) is 0 Å². The van der Waals surface area contributed by atoms with Gasteiger partial charge in [0.2, 0.25) is 9.84 Å². The maximum absolute atomic E-state index is 12.7. The summed E-state index contributed by atoms with van der Waals surface area (Å²) in [7, 11) is -2.45. The molecule has 0 aliphatic rings. The van der Waals surface area contributed by atoms with Crippen LogP contribution in [-0.4, -0.2) is 21.6 Å². The Kier molecular flexibility index (Phi) is 6.30. The molecule has 0 radical (unpaired) electrons. The van der Waals surface area contributed by atoms with E-state index in [1.807, 2.05) is 13.8 Å². The number of allylic oxidation sites excluding steroid dienone is 1. The van der Waals surface area contributed by atoms with E-state index in [2.05, 4.69) is 0 Å². The van der Waals surface area contributed by atoms with Gasteiger partial charge in [-0.3, -0.25) is 0 Å². The van der Waals surface area contributed by atoms with Gasteiger partial charge in [-0.1, -0.05) is 17.7 Å². The fourth-order valence-corrected chi connectivity index (χ4v) is 3.47. The summed E-state index contributed by atoms with van der Waals surface area (Å²) in [5, 5.41) is 9.77. The number of rotatable bonds is 6. The van der Waals surface area contributed by atoms with Gasteiger partial charge in [0, 0.05) is 5.02 Å². The Morgan fingerprint density at radius 3 is 2.35 bits per heavy atom. The first-order valence-corrected chi connectivity index (χ1v) is 9.61. The van der Waals surface area contributed by atoms with Crippen molar-refractivity contribution in [1.29, 1.82) is 5.26 Å². The van der Waals surface area contributed by atoms with Crippen molar-refractivity contribution in [3.8, 4) is 17.6 Å². The van der Waals surface area contributed by atoms with Gasteiger partial charge in [-0.15, -0.1) is 0 Å². The van der Waals surface area contributed by atoms with Crippen molar-refractivity contribution in [2.45, 2.75) is 24.8 Å². The Balaban J connectivity index is 2.45. The molecule has 0 saturated carbocycles. The highest BCUT2D eigenvalue weighted by molar-refractivity contribution is 7.95. The normalized spacial score (nSPS) is 11.9. The highest BCUT2D eigenvalue weighted by Gasteiger charge is 2.21. The van der Waals surface area contributed by atoms with Crippen molar-refractivity contribution in [1.82, 2.24) is 0 Å². The zero-order valence-corrected chi connectivity index (χ0v) is 16.1. The molecule has 0 aliphatic carbocycles. The molecule has 0 atom stereocenters. The fraction of sp³-hybridized carbons (Fsp3) is 0.211. The quantitative estimate of drug-likeness (QED) is 0.679. The maximum atomic E-state index is 12.7. The monoisotopic (exact) mass is 391 g/mol. The van der Waals surface area contributed by atoms with Gasteiger partial charge in [0.25, 0.3) is 0 Å². The number of halogens is 1. The Bertz CT molecular complexity index is 958. The molecule has 2 rings (SSSR count). The number of nitrogens with zero attached hydrogens (tertiary/aromatic N) is 1. The van der Waals surface area contributed by atoms with Gasteiger partial charge in [0.05, 0.1) is 18.1 Å². The molecule has 26 heavy (non-hydrogen) atoms. The topological polar surface area (TPSA) is 76.4 Å². The van der Waals surface area contributed by atoms with Gasteiger partial charge >= 0.3 is 0 Å². The molecule has 0 aliphatic heterocycles. The third-order valence-electron chi connectivity index (χ3n) is 3.37. The summed E-state index contributed by atoms with van der Waals surface area (Å²) in [6, 6.07) is 12.4. The number of methoxy groups -OCH3 is 1. The van der Waals surface area contributed by atoms with E-state index in [0.717, 1.165) is 0 Å². The van der Waals surface area contributed by atoms with E-state index in [1.54, 1.807) is 24.3 Å². The molecule has 0 unspecified atom stereocenters. The first-order valence-electron chi connectivity index (χ1n) is 7.75. The van der Waals surface area contributed by atoms with Crippen LogP contribution in [0.25, 0.3) is 6.08 Å². The van der Waals surface area contributed by atoms with E-state index >= 15 is 0 Å². The van der Waals surface area contributed by atoms with Gasteiger partial charge in [-0.2, -0.15) is 5.26 Å². The van der Waals surface area contributed by atoms with Crippen molar-refractivity contribution in [2.75, 3.05) is 7.11 Å². The molecule has 0 heterocycles. The molecular weight excluding hydrogens is 374 g/mol. The molecule has 0 amide bonds. The van der Waals surface area contributed by atoms with E-state index in [-0.39, 0.29) is 15.9 Å². The predicted molar refractivity (Wildman–Crippen MR) is 101 cm³/mol. The summed E-state index contributed by atoms with van der Waals surface area (Å²) < 4.78 is 36.2. The van der Waals surface area contributed by atoms with E-state index in [9.17, 15) is 13.7 Å². The van der Waals surface area contributed by atoms with E-state index in [0.29, 0.717) is 22.1 Å². The molecule has 0 bridgehead atoms. The van der Waals surface area contributed by atoms with E-state index in [4.69, 9.17) is 21.1 Å². The van der Waals surface area contributed by atoms with Gasteiger partial charge in [0.1, 0.15) is 11.0 Å². The first-order chi connectivity index (χ1) is 12.3. The largest absolute Gasteiger partial charge is 0.493 e. The lowest BCUT2D eigenvalue weighted by Crippen LogP contribution is -2.06. The van der Waals surface area contributed by atoms with Crippen LogP contribution in [0, 0.1) is 11.3 Å². The maximum Gasteiger partial charge on any atom is 0.216 e. The van der Waals surface area contributed by atoms with Crippen LogP contribution in [0.15, 0.2) is 52.3 Å². The average molecular weight is 392 g/mol. The summed E-state index contributed by atoms with van der Waals surface area (Å²) in [5.41, 5.74) is 0.507. The minimum Gasteiger partial charge on any atom is -0.493 e. The van der Waals surface area contributed by atoms with Crippen LogP contribution in [0.1, 0.15) is 19.4 Å². The zero-order valence-electron chi connectivity index (χ0n) is 14.6. The van der Waals surface area contributed by atoms with Crippen LogP contribution >= 0.6 is 11.6 Å². The van der Waals surface area contributed by atoms with Crippen LogP contribution < -0.4 is 9.47 Å². The standard InChI is InChI=1S/C19H18ClNO4S/c1-13(2)25-18-9-4-14(11-19(18)24-3)10-17(12-21)26(22,23)16-7-5-15(20)6-8-16/h4-11,13H,1-3H3. The lowest BCUT2D eigenvalue weighted by Gasteiger charge is -2.14. The average Bonchev–Trinajstić information content (AvgIpc) is 2.60. The molecular formula is C19H18ClNO4S. The zero-order chi connectivity index (χ0) is 19.3. The fourth-order valence-electron chi connectivity index (χ4n) is 2.19. The molecule has 0 saturated heterocycles. The number of nitriles is 1. The lowest BCUT2D eigenvalue weighted by atomic mass is 10.2. The summed E-state index contributed by atoms with van der Waals surface area (Å²) in [6.07, 6.45) is 1.26. The number of hydrogen-bond acceptors (Lipinski definition) is 5. The SMILES string of the molecule is COc1cc(C=C(C#N)S(=O)(=O)c2ccc(Cl)cc2)ccc1OC(C)C. The number of hydrogen-bond donors (Lipinski definition) is 0. The van der Waals surface area contributed by atoms with Crippen LogP contribution in [-0.2, 0) is 9.84 Å². The second kappa shape index (κ2) is 8.26. The Morgan fingerprint density at radius 1 is 1.15 bits per heavy atom. The first kappa shape index (κ1) is 19.8. The second-order valence-corrected chi connectivity index (χ2v) is 8.01. The highest BCUT2D eigenvalue weighted by atomic mass is 35.5. The van der Waals surface area contributed by atoms with Crippen molar-refractivity contribution >= 4 is 27.5 Å². The molecule has 0 spiro atoms. The van der Waals surface area contributed by atoms with Crippen molar-refractivity contribution in [3.05, 3.63) is 58.0 Å². The molecule has 2 aromatic rings. The van der Waals surface area contributed by atoms with E-state index < -0.39 is 9.84 Å². The van der Waals surface area contributed by atoms with Gasteiger partial charge in [-0.05, 0) is 61.9 Å². The minimum atomic E-state index is -3.95. The summed E-state index contributed by atoms with van der Waals surface area (Å²) in [6.45, 7) is 3.78. The summed E-state index contributed by atoms with van der Waals surface area (Å²) in [5.74, 6) is 0.993. The van der Waals surface area contributed by atoms with Crippen LogP contribution in [0.4, 0.5) is 0 Å². The molecule has 0 aromatic heterocycles. The van der Waals surface area contributed by atoms with Gasteiger partial charge in [-0.25, -0.2) is 8.42 Å². The Morgan fingerprint density at radius 2 is 1.81 bits per heavy atom.